The summed E-state index contributed by atoms with van der Waals surface area (Å²) < 4.78 is 1.41. The van der Waals surface area contributed by atoms with Gasteiger partial charge in [-0.15, -0.1) is 0 Å². The van der Waals surface area contributed by atoms with Crippen LogP contribution in [0.4, 0.5) is 5.82 Å². The summed E-state index contributed by atoms with van der Waals surface area (Å²) in [4.78, 5) is 22.5. The molecule has 8 heteroatoms. The van der Waals surface area contributed by atoms with Crippen LogP contribution in [0.2, 0.25) is 0 Å². The fraction of sp³-hybridized carbons (Fsp3) is 0.217. The van der Waals surface area contributed by atoms with Crippen LogP contribution in [0.1, 0.15) is 41.6 Å². The molecule has 2 heterocycles. The number of aromatic nitrogens is 3. The van der Waals surface area contributed by atoms with Crippen molar-refractivity contribution in [2.24, 2.45) is 5.10 Å². The van der Waals surface area contributed by atoms with E-state index in [4.69, 9.17) is 5.73 Å². The average molecular weight is 414 g/mol. The highest BCUT2D eigenvalue weighted by Crippen LogP contribution is 2.29. The minimum absolute atomic E-state index is 0.0945. The number of rotatable bonds is 4. The number of benzene rings is 2. The van der Waals surface area contributed by atoms with E-state index in [-0.39, 0.29) is 29.1 Å². The molecule has 156 valence electrons. The standard InChI is InChI=1S/C23H22N6O2/c24-21-19(23(31)26-15-8-2-3-9-15)20-22(28-17-11-5-4-10-16(17)27-20)29(21)25-13-14-7-1-6-12-18(14)30/h1,4-7,10-13,15,30H,2-3,8-9,24H2,(H,26,31)/b25-13-. The number of para-hydroxylation sites is 3. The van der Waals surface area contributed by atoms with Crippen molar-refractivity contribution in [2.45, 2.75) is 31.7 Å². The molecule has 0 radical (unpaired) electrons. The van der Waals surface area contributed by atoms with Gasteiger partial charge in [-0.2, -0.15) is 9.78 Å². The first-order valence-corrected chi connectivity index (χ1v) is 10.3. The number of carbonyl (C=O) groups is 1. The number of carbonyl (C=O) groups excluding carboxylic acids is 1. The number of nitrogens with two attached hydrogens (primary N) is 1. The molecule has 2 aromatic heterocycles. The Hall–Kier alpha value is -3.94. The SMILES string of the molecule is Nc1c(C(=O)NC2CCCC2)c2nc3ccccc3nc2n1/N=C\c1ccccc1O. The third-order valence-corrected chi connectivity index (χ3v) is 5.64. The Kier molecular flexibility index (Phi) is 4.74. The molecule has 0 atom stereocenters. The lowest BCUT2D eigenvalue weighted by Gasteiger charge is -2.11. The zero-order valence-corrected chi connectivity index (χ0v) is 16.8. The van der Waals surface area contributed by atoms with Gasteiger partial charge < -0.3 is 16.2 Å². The Labute approximate surface area is 178 Å². The van der Waals surface area contributed by atoms with E-state index in [1.807, 2.05) is 24.3 Å². The molecule has 2 aromatic carbocycles. The van der Waals surface area contributed by atoms with E-state index >= 15 is 0 Å². The molecule has 0 saturated heterocycles. The molecular formula is C23H22N6O2. The summed E-state index contributed by atoms with van der Waals surface area (Å²) >= 11 is 0. The van der Waals surface area contributed by atoms with Crippen molar-refractivity contribution < 1.29 is 9.90 Å². The Morgan fingerprint density at radius 2 is 1.77 bits per heavy atom. The minimum Gasteiger partial charge on any atom is -0.507 e. The zero-order valence-electron chi connectivity index (χ0n) is 16.8. The van der Waals surface area contributed by atoms with Gasteiger partial charge in [-0.25, -0.2) is 9.97 Å². The Morgan fingerprint density at radius 3 is 2.52 bits per heavy atom. The quantitative estimate of drug-likeness (QED) is 0.442. The van der Waals surface area contributed by atoms with Crippen molar-refractivity contribution in [1.29, 1.82) is 0 Å². The molecule has 4 aromatic rings. The van der Waals surface area contributed by atoms with Gasteiger partial charge >= 0.3 is 0 Å². The van der Waals surface area contributed by atoms with Crippen LogP contribution in [0.3, 0.4) is 0 Å². The van der Waals surface area contributed by atoms with Crippen LogP contribution < -0.4 is 11.1 Å². The monoisotopic (exact) mass is 414 g/mol. The molecular weight excluding hydrogens is 392 g/mol. The predicted molar refractivity (Wildman–Crippen MR) is 120 cm³/mol. The molecule has 8 nitrogen and oxygen atoms in total. The van der Waals surface area contributed by atoms with E-state index in [2.05, 4.69) is 20.4 Å². The van der Waals surface area contributed by atoms with Crippen LogP contribution >= 0.6 is 0 Å². The summed E-state index contributed by atoms with van der Waals surface area (Å²) in [5, 5.41) is 17.6. The number of aromatic hydroxyl groups is 1. The lowest BCUT2D eigenvalue weighted by molar-refractivity contribution is 0.0940. The molecule has 0 aliphatic heterocycles. The topological polar surface area (TPSA) is 118 Å². The summed E-state index contributed by atoms with van der Waals surface area (Å²) in [6.07, 6.45) is 5.63. The van der Waals surface area contributed by atoms with Gasteiger partial charge in [-0.1, -0.05) is 37.1 Å². The first-order chi connectivity index (χ1) is 15.1. The lowest BCUT2D eigenvalue weighted by Crippen LogP contribution is -2.33. The first kappa shape index (κ1) is 19.0. The highest BCUT2D eigenvalue weighted by molar-refractivity contribution is 6.10. The number of fused-ring (bicyclic) bond motifs is 2. The Balaban J connectivity index is 1.66. The number of hydrogen-bond acceptors (Lipinski definition) is 6. The zero-order chi connectivity index (χ0) is 21.4. The number of phenols is 1. The van der Waals surface area contributed by atoms with E-state index in [1.165, 1.54) is 10.9 Å². The molecule has 1 saturated carbocycles. The summed E-state index contributed by atoms with van der Waals surface area (Å²) in [5.74, 6) is -0.0139. The predicted octanol–water partition coefficient (Wildman–Crippen LogP) is 3.43. The molecule has 4 N–H and O–H groups in total. The van der Waals surface area contributed by atoms with Crippen molar-refractivity contribution in [3.8, 4) is 5.75 Å². The second kappa shape index (κ2) is 7.71. The van der Waals surface area contributed by atoms with Gasteiger partial charge in [0.15, 0.2) is 5.65 Å². The molecule has 5 rings (SSSR count). The molecule has 0 unspecified atom stereocenters. The second-order valence-electron chi connectivity index (χ2n) is 7.71. The Morgan fingerprint density at radius 1 is 1.10 bits per heavy atom. The van der Waals surface area contributed by atoms with Gasteiger partial charge in [0.25, 0.3) is 5.91 Å². The molecule has 31 heavy (non-hydrogen) atoms. The van der Waals surface area contributed by atoms with Gasteiger partial charge in [0.2, 0.25) is 0 Å². The van der Waals surface area contributed by atoms with Crippen LogP contribution in [0.25, 0.3) is 22.2 Å². The summed E-state index contributed by atoms with van der Waals surface area (Å²) in [6, 6.07) is 14.4. The fourth-order valence-electron chi connectivity index (χ4n) is 4.03. The second-order valence-corrected chi connectivity index (χ2v) is 7.71. The molecule has 1 aliphatic carbocycles. The number of hydrogen-bond donors (Lipinski definition) is 3. The molecule has 1 amide bonds. The number of anilines is 1. The maximum Gasteiger partial charge on any atom is 0.257 e. The number of nitrogens with zero attached hydrogens (tertiary/aromatic N) is 4. The van der Waals surface area contributed by atoms with Crippen LogP contribution in [0, 0.1) is 0 Å². The van der Waals surface area contributed by atoms with Crippen molar-refractivity contribution >= 4 is 40.1 Å². The Bertz CT molecular complexity index is 1320. The number of nitrogen functional groups attached to an aromatic ring is 1. The summed E-state index contributed by atoms with van der Waals surface area (Å²) in [7, 11) is 0. The maximum absolute atomic E-state index is 13.1. The number of nitrogens with one attached hydrogen (secondary N) is 1. The smallest absolute Gasteiger partial charge is 0.257 e. The number of amides is 1. The van der Waals surface area contributed by atoms with Gasteiger partial charge in [0.05, 0.1) is 17.2 Å². The van der Waals surface area contributed by atoms with Crippen molar-refractivity contribution in [1.82, 2.24) is 20.0 Å². The maximum atomic E-state index is 13.1. The van der Waals surface area contributed by atoms with Crippen molar-refractivity contribution in [2.75, 3.05) is 5.73 Å². The van der Waals surface area contributed by atoms with Gasteiger partial charge in [0.1, 0.15) is 22.6 Å². The van der Waals surface area contributed by atoms with Crippen LogP contribution in [-0.4, -0.2) is 37.9 Å². The van der Waals surface area contributed by atoms with E-state index in [0.717, 1.165) is 25.7 Å². The normalized spacial score (nSPS) is 14.7. The average Bonchev–Trinajstić information content (AvgIpc) is 3.37. The fourth-order valence-corrected chi connectivity index (χ4v) is 4.03. The van der Waals surface area contributed by atoms with E-state index in [9.17, 15) is 9.90 Å². The van der Waals surface area contributed by atoms with Gasteiger partial charge in [-0.3, -0.25) is 4.79 Å². The highest BCUT2D eigenvalue weighted by Gasteiger charge is 2.26. The van der Waals surface area contributed by atoms with Gasteiger partial charge in [0, 0.05) is 11.6 Å². The third-order valence-electron chi connectivity index (χ3n) is 5.64. The molecule has 0 bridgehead atoms. The van der Waals surface area contributed by atoms with Gasteiger partial charge in [-0.05, 0) is 37.1 Å². The molecule has 0 spiro atoms. The molecule has 1 fully saturated rings. The van der Waals surface area contributed by atoms with E-state index < -0.39 is 0 Å². The number of phenolic OH excluding ortho intramolecular Hbond substituents is 1. The summed E-state index contributed by atoms with van der Waals surface area (Å²) in [6.45, 7) is 0. The third kappa shape index (κ3) is 3.46. The van der Waals surface area contributed by atoms with Crippen molar-refractivity contribution in [3.05, 3.63) is 59.7 Å². The largest absolute Gasteiger partial charge is 0.507 e. The summed E-state index contributed by atoms with van der Waals surface area (Å²) in [5.41, 5.74) is 9.34. The first-order valence-electron chi connectivity index (χ1n) is 10.3. The highest BCUT2D eigenvalue weighted by atomic mass is 16.3. The molecule has 1 aliphatic rings. The van der Waals surface area contributed by atoms with Crippen molar-refractivity contribution in [3.63, 3.8) is 0 Å². The van der Waals surface area contributed by atoms with Crippen LogP contribution in [0.5, 0.6) is 5.75 Å². The van der Waals surface area contributed by atoms with E-state index in [1.54, 1.807) is 24.3 Å². The van der Waals surface area contributed by atoms with E-state index in [0.29, 0.717) is 27.8 Å². The van der Waals surface area contributed by atoms with Crippen LogP contribution in [-0.2, 0) is 0 Å². The lowest BCUT2D eigenvalue weighted by atomic mass is 10.2. The minimum atomic E-state index is -0.268. The van der Waals surface area contributed by atoms with Crippen LogP contribution in [0.15, 0.2) is 53.6 Å².